The van der Waals surface area contributed by atoms with E-state index in [1.807, 2.05) is 63.2 Å². The molecular formula is C19H24N2O2. The van der Waals surface area contributed by atoms with Crippen molar-refractivity contribution in [1.29, 1.82) is 0 Å². The minimum atomic E-state index is -0.173. The van der Waals surface area contributed by atoms with E-state index in [4.69, 9.17) is 4.74 Å². The summed E-state index contributed by atoms with van der Waals surface area (Å²) in [5.74, 6) is 0.872. The van der Waals surface area contributed by atoms with E-state index in [1.54, 1.807) is 0 Å². The third kappa shape index (κ3) is 5.02. The normalized spacial score (nSPS) is 10.2. The molecule has 23 heavy (non-hydrogen) atoms. The largest absolute Gasteiger partial charge is 0.494 e. The van der Waals surface area contributed by atoms with Gasteiger partial charge in [0.05, 0.1) is 6.61 Å². The van der Waals surface area contributed by atoms with Crippen molar-refractivity contribution in [3.8, 4) is 5.75 Å². The summed E-state index contributed by atoms with van der Waals surface area (Å²) in [6, 6.07) is 13.7. The van der Waals surface area contributed by atoms with E-state index in [1.165, 1.54) is 5.56 Å². The molecule has 0 radical (unpaired) electrons. The molecule has 0 saturated heterocycles. The van der Waals surface area contributed by atoms with Gasteiger partial charge in [0.2, 0.25) is 0 Å². The quantitative estimate of drug-likeness (QED) is 0.845. The Labute approximate surface area is 137 Å². The molecule has 0 heterocycles. The SMILES string of the molecule is CCOc1ccc(CCNC(=O)Nc2c(C)cccc2C)cc1. The second-order valence-corrected chi connectivity index (χ2v) is 5.47. The first-order valence-electron chi connectivity index (χ1n) is 7.93. The molecule has 2 aromatic rings. The van der Waals surface area contributed by atoms with Gasteiger partial charge in [-0.05, 0) is 56.0 Å². The maximum Gasteiger partial charge on any atom is 0.319 e. The molecule has 0 aliphatic heterocycles. The van der Waals surface area contributed by atoms with Crippen molar-refractivity contribution in [3.63, 3.8) is 0 Å². The third-order valence-electron chi connectivity index (χ3n) is 3.65. The Balaban J connectivity index is 1.80. The van der Waals surface area contributed by atoms with Crippen molar-refractivity contribution >= 4 is 11.7 Å². The average molecular weight is 312 g/mol. The lowest BCUT2D eigenvalue weighted by molar-refractivity contribution is 0.252. The minimum absolute atomic E-state index is 0.173. The van der Waals surface area contributed by atoms with E-state index in [0.717, 1.165) is 29.0 Å². The number of ether oxygens (including phenoxy) is 1. The second kappa shape index (κ2) is 8.22. The topological polar surface area (TPSA) is 50.4 Å². The predicted octanol–water partition coefficient (Wildman–Crippen LogP) is 4.07. The van der Waals surface area contributed by atoms with Crippen LogP contribution in [0.15, 0.2) is 42.5 Å². The first-order chi connectivity index (χ1) is 11.1. The first kappa shape index (κ1) is 16.9. The van der Waals surface area contributed by atoms with Crippen LogP contribution < -0.4 is 15.4 Å². The van der Waals surface area contributed by atoms with Crippen molar-refractivity contribution in [2.75, 3.05) is 18.5 Å². The highest BCUT2D eigenvalue weighted by Gasteiger charge is 2.06. The summed E-state index contributed by atoms with van der Waals surface area (Å²) < 4.78 is 5.41. The van der Waals surface area contributed by atoms with Crippen LogP contribution in [0.3, 0.4) is 0 Å². The number of carbonyl (C=O) groups is 1. The van der Waals surface area contributed by atoms with Crippen LogP contribution >= 0.6 is 0 Å². The number of benzene rings is 2. The van der Waals surface area contributed by atoms with Gasteiger partial charge in [0, 0.05) is 12.2 Å². The van der Waals surface area contributed by atoms with Gasteiger partial charge in [-0.25, -0.2) is 4.79 Å². The van der Waals surface area contributed by atoms with Gasteiger partial charge >= 0.3 is 6.03 Å². The van der Waals surface area contributed by atoms with Crippen LogP contribution in [-0.2, 0) is 6.42 Å². The molecule has 0 saturated carbocycles. The summed E-state index contributed by atoms with van der Waals surface area (Å²) in [5, 5.41) is 5.81. The van der Waals surface area contributed by atoms with Gasteiger partial charge < -0.3 is 15.4 Å². The van der Waals surface area contributed by atoms with Gasteiger partial charge in [0.1, 0.15) is 5.75 Å². The number of urea groups is 1. The van der Waals surface area contributed by atoms with Gasteiger partial charge in [-0.15, -0.1) is 0 Å². The molecule has 4 heteroatoms. The molecule has 2 amide bonds. The number of nitrogens with one attached hydrogen (secondary N) is 2. The Morgan fingerprint density at radius 3 is 2.30 bits per heavy atom. The average Bonchev–Trinajstić information content (AvgIpc) is 2.53. The zero-order chi connectivity index (χ0) is 16.7. The summed E-state index contributed by atoms with van der Waals surface area (Å²) in [4.78, 5) is 12.0. The van der Waals surface area contributed by atoms with Crippen LogP contribution in [0.2, 0.25) is 0 Å². The van der Waals surface area contributed by atoms with Crippen LogP contribution in [0.1, 0.15) is 23.6 Å². The molecule has 2 N–H and O–H groups in total. The number of rotatable bonds is 6. The predicted molar refractivity (Wildman–Crippen MR) is 94.3 cm³/mol. The number of amides is 2. The summed E-state index contributed by atoms with van der Waals surface area (Å²) in [5.41, 5.74) is 4.17. The fourth-order valence-corrected chi connectivity index (χ4v) is 2.41. The zero-order valence-electron chi connectivity index (χ0n) is 14.0. The lowest BCUT2D eigenvalue weighted by Gasteiger charge is -2.12. The van der Waals surface area contributed by atoms with E-state index in [9.17, 15) is 4.79 Å². The van der Waals surface area contributed by atoms with Crippen LogP contribution in [0.25, 0.3) is 0 Å². The first-order valence-corrected chi connectivity index (χ1v) is 7.93. The summed E-state index contributed by atoms with van der Waals surface area (Å²) in [7, 11) is 0. The fourth-order valence-electron chi connectivity index (χ4n) is 2.41. The van der Waals surface area contributed by atoms with Crippen molar-refractivity contribution < 1.29 is 9.53 Å². The summed E-state index contributed by atoms with van der Waals surface area (Å²) in [6.07, 6.45) is 0.784. The smallest absolute Gasteiger partial charge is 0.319 e. The highest BCUT2D eigenvalue weighted by molar-refractivity contribution is 5.90. The molecule has 0 fully saturated rings. The van der Waals surface area contributed by atoms with E-state index in [-0.39, 0.29) is 6.03 Å². The van der Waals surface area contributed by atoms with E-state index in [2.05, 4.69) is 10.6 Å². The van der Waals surface area contributed by atoms with E-state index in [0.29, 0.717) is 13.2 Å². The molecular weight excluding hydrogens is 288 g/mol. The van der Waals surface area contributed by atoms with E-state index < -0.39 is 0 Å². The molecule has 4 nitrogen and oxygen atoms in total. The fraction of sp³-hybridized carbons (Fsp3) is 0.316. The van der Waals surface area contributed by atoms with Crippen LogP contribution in [0.5, 0.6) is 5.75 Å². The van der Waals surface area contributed by atoms with Gasteiger partial charge in [0.25, 0.3) is 0 Å². The van der Waals surface area contributed by atoms with Crippen molar-refractivity contribution in [3.05, 3.63) is 59.2 Å². The maximum absolute atomic E-state index is 12.0. The van der Waals surface area contributed by atoms with Gasteiger partial charge in [-0.1, -0.05) is 30.3 Å². The molecule has 0 atom stereocenters. The van der Waals surface area contributed by atoms with Crippen LogP contribution in [0, 0.1) is 13.8 Å². The Morgan fingerprint density at radius 2 is 1.70 bits per heavy atom. The second-order valence-electron chi connectivity index (χ2n) is 5.47. The molecule has 0 unspecified atom stereocenters. The Hall–Kier alpha value is -2.49. The molecule has 2 rings (SSSR count). The summed E-state index contributed by atoms with van der Waals surface area (Å²) in [6.45, 7) is 7.20. The third-order valence-corrected chi connectivity index (χ3v) is 3.65. The number of hydrogen-bond acceptors (Lipinski definition) is 2. The van der Waals surface area contributed by atoms with Crippen LogP contribution in [-0.4, -0.2) is 19.2 Å². The Bertz CT molecular complexity index is 631. The lowest BCUT2D eigenvalue weighted by Crippen LogP contribution is -2.31. The number of hydrogen-bond donors (Lipinski definition) is 2. The van der Waals surface area contributed by atoms with Crippen molar-refractivity contribution in [2.45, 2.75) is 27.2 Å². The molecule has 0 aromatic heterocycles. The van der Waals surface area contributed by atoms with Crippen LogP contribution in [0.4, 0.5) is 10.5 Å². The summed E-state index contributed by atoms with van der Waals surface area (Å²) >= 11 is 0. The molecule has 0 aliphatic rings. The molecule has 0 spiro atoms. The highest BCUT2D eigenvalue weighted by atomic mass is 16.5. The number of anilines is 1. The number of para-hydroxylation sites is 1. The number of carbonyl (C=O) groups excluding carboxylic acids is 1. The van der Waals surface area contributed by atoms with E-state index >= 15 is 0 Å². The van der Waals surface area contributed by atoms with Gasteiger partial charge in [-0.2, -0.15) is 0 Å². The lowest BCUT2D eigenvalue weighted by atomic mass is 10.1. The molecule has 2 aromatic carbocycles. The Morgan fingerprint density at radius 1 is 1.04 bits per heavy atom. The molecule has 0 aliphatic carbocycles. The Kier molecular flexibility index (Phi) is 6.03. The zero-order valence-corrected chi connectivity index (χ0v) is 14.0. The van der Waals surface area contributed by atoms with Crippen molar-refractivity contribution in [1.82, 2.24) is 5.32 Å². The van der Waals surface area contributed by atoms with Crippen molar-refractivity contribution in [2.24, 2.45) is 0 Å². The monoisotopic (exact) mass is 312 g/mol. The standard InChI is InChI=1S/C19H24N2O2/c1-4-23-17-10-8-16(9-11-17)12-13-20-19(22)21-18-14(2)6-5-7-15(18)3/h5-11H,4,12-13H2,1-3H3,(H2,20,21,22). The molecule has 122 valence electrons. The van der Waals surface area contributed by atoms with Gasteiger partial charge in [-0.3, -0.25) is 0 Å². The minimum Gasteiger partial charge on any atom is -0.494 e. The number of aryl methyl sites for hydroxylation is 2. The molecule has 0 bridgehead atoms. The highest BCUT2D eigenvalue weighted by Crippen LogP contribution is 2.19. The maximum atomic E-state index is 12.0. The van der Waals surface area contributed by atoms with Gasteiger partial charge in [0.15, 0.2) is 0 Å².